The van der Waals surface area contributed by atoms with E-state index in [0.717, 1.165) is 58.2 Å². The van der Waals surface area contributed by atoms with Crippen LogP contribution in [0.25, 0.3) is 0 Å². The third kappa shape index (κ3) is 6.05. The van der Waals surface area contributed by atoms with Crippen molar-refractivity contribution in [3.05, 3.63) is 22.7 Å². The largest absolute Gasteiger partial charge is 0.349 e. The van der Waals surface area contributed by atoms with E-state index in [4.69, 9.17) is 5.73 Å². The van der Waals surface area contributed by atoms with Gasteiger partial charge in [-0.3, -0.25) is 9.88 Å². The first-order valence-corrected chi connectivity index (χ1v) is 11.9. The molecular weight excluding hydrogens is 394 g/mol. The lowest BCUT2D eigenvalue weighted by molar-refractivity contribution is 0.203. The second kappa shape index (κ2) is 10.6. The van der Waals surface area contributed by atoms with Crippen molar-refractivity contribution in [3.8, 4) is 0 Å². The molecule has 0 bridgehead atoms. The third-order valence-electron chi connectivity index (χ3n) is 7.15. The molecule has 1 aromatic heterocycles. The van der Waals surface area contributed by atoms with Crippen LogP contribution in [0.2, 0.25) is 0 Å². The number of carbonyl (C=O) groups is 1. The van der Waals surface area contributed by atoms with Crippen LogP contribution < -0.4 is 27.4 Å². The maximum Gasteiger partial charge on any atom is 0.349 e. The van der Waals surface area contributed by atoms with Gasteiger partial charge >= 0.3 is 11.7 Å². The van der Waals surface area contributed by atoms with Gasteiger partial charge in [0.15, 0.2) is 0 Å². The summed E-state index contributed by atoms with van der Waals surface area (Å²) < 4.78 is 1.74. The van der Waals surface area contributed by atoms with E-state index in [1.165, 1.54) is 12.8 Å². The van der Waals surface area contributed by atoms with E-state index >= 15 is 0 Å². The Hall–Kier alpha value is -1.97. The molecule has 0 atom stereocenters. The fraction of sp³-hybridized carbons (Fsp3) is 0.773. The van der Waals surface area contributed by atoms with Gasteiger partial charge in [0.1, 0.15) is 5.82 Å². The number of hydrogen-bond acceptors (Lipinski definition) is 6. The summed E-state index contributed by atoms with van der Waals surface area (Å²) in [5.74, 6) is 1.00. The fourth-order valence-electron chi connectivity index (χ4n) is 5.10. The number of hydrogen-bond donors (Lipinski definition) is 4. The molecule has 3 aliphatic rings. The number of amides is 2. The van der Waals surface area contributed by atoms with Crippen LogP contribution in [0.3, 0.4) is 0 Å². The minimum atomic E-state index is -0.279. The number of nitrogens with one attached hydrogen (secondary N) is 3. The molecule has 2 saturated carbocycles. The minimum Gasteiger partial charge on any atom is -0.328 e. The van der Waals surface area contributed by atoms with Crippen molar-refractivity contribution in [3.63, 3.8) is 0 Å². The van der Waals surface area contributed by atoms with Crippen LogP contribution in [0, 0.1) is 5.92 Å². The van der Waals surface area contributed by atoms with Crippen molar-refractivity contribution in [2.24, 2.45) is 11.7 Å². The van der Waals surface area contributed by atoms with Crippen molar-refractivity contribution in [1.29, 1.82) is 0 Å². The molecule has 2 heterocycles. The monoisotopic (exact) mass is 431 g/mol. The van der Waals surface area contributed by atoms with E-state index in [0.29, 0.717) is 36.9 Å². The van der Waals surface area contributed by atoms with Crippen molar-refractivity contribution < 1.29 is 4.79 Å². The van der Waals surface area contributed by atoms with Gasteiger partial charge in [0.05, 0.1) is 0 Å². The van der Waals surface area contributed by atoms with E-state index in [1.807, 2.05) is 0 Å². The summed E-state index contributed by atoms with van der Waals surface area (Å²) in [6.45, 7) is 3.96. The number of carbonyl (C=O) groups excluding carboxylic acids is 1. The Balaban J connectivity index is 1.24. The minimum absolute atomic E-state index is 0.195. The lowest BCUT2D eigenvalue weighted by Crippen LogP contribution is -2.48. The van der Waals surface area contributed by atoms with E-state index in [1.54, 1.807) is 21.7 Å². The lowest BCUT2D eigenvalue weighted by Gasteiger charge is -2.32. The summed E-state index contributed by atoms with van der Waals surface area (Å²) in [4.78, 5) is 30.8. The second-order valence-electron chi connectivity index (χ2n) is 9.36. The molecule has 3 fully saturated rings. The van der Waals surface area contributed by atoms with Crippen molar-refractivity contribution in [2.75, 3.05) is 38.0 Å². The number of anilines is 1. The number of nitrogens with zero attached hydrogens (tertiary/aromatic N) is 3. The third-order valence-corrected chi connectivity index (χ3v) is 7.15. The zero-order valence-corrected chi connectivity index (χ0v) is 18.4. The van der Waals surface area contributed by atoms with Gasteiger partial charge in [-0.2, -0.15) is 4.98 Å². The van der Waals surface area contributed by atoms with E-state index < -0.39 is 0 Å². The highest BCUT2D eigenvalue weighted by molar-refractivity contribution is 5.88. The van der Waals surface area contributed by atoms with Gasteiger partial charge in [0.25, 0.3) is 0 Å². The molecule has 5 N–H and O–H groups in total. The number of nitrogens with two attached hydrogens (primary N) is 1. The SMILES string of the molecule is N[C@H]1CC[C@@H](NC[C@H]2CC[C@H](n3ccc(NC(=O)N4CCNCC4)nc3=O)CC2)CC1. The van der Waals surface area contributed by atoms with Crippen LogP contribution in [0.1, 0.15) is 57.4 Å². The van der Waals surface area contributed by atoms with Gasteiger partial charge in [-0.05, 0) is 69.9 Å². The molecule has 0 aromatic carbocycles. The molecule has 2 aliphatic carbocycles. The van der Waals surface area contributed by atoms with Crippen molar-refractivity contribution in [1.82, 2.24) is 25.1 Å². The first-order chi connectivity index (χ1) is 15.1. The molecule has 0 radical (unpaired) electrons. The highest BCUT2D eigenvalue weighted by Gasteiger charge is 2.25. The lowest BCUT2D eigenvalue weighted by atomic mass is 9.85. The fourth-order valence-corrected chi connectivity index (χ4v) is 5.10. The maximum absolute atomic E-state index is 12.6. The number of rotatable bonds is 5. The van der Waals surface area contributed by atoms with Gasteiger partial charge in [-0.15, -0.1) is 0 Å². The van der Waals surface area contributed by atoms with Gasteiger partial charge in [-0.25, -0.2) is 9.59 Å². The van der Waals surface area contributed by atoms with Gasteiger partial charge < -0.3 is 21.3 Å². The summed E-state index contributed by atoms with van der Waals surface area (Å²) >= 11 is 0. The molecule has 2 amide bonds. The molecule has 1 saturated heterocycles. The normalized spacial score (nSPS) is 29.5. The molecular formula is C22H37N7O2. The van der Waals surface area contributed by atoms with Gasteiger partial charge in [0.2, 0.25) is 0 Å². The van der Waals surface area contributed by atoms with Crippen LogP contribution in [0.4, 0.5) is 10.6 Å². The van der Waals surface area contributed by atoms with Crippen LogP contribution in [-0.4, -0.2) is 65.3 Å². The molecule has 1 aromatic rings. The summed E-state index contributed by atoms with van der Waals surface area (Å²) in [5.41, 5.74) is 5.72. The Bertz CT molecular complexity index is 776. The average molecular weight is 432 g/mol. The number of urea groups is 1. The van der Waals surface area contributed by atoms with E-state index in [2.05, 4.69) is 20.9 Å². The van der Waals surface area contributed by atoms with Gasteiger partial charge in [-0.1, -0.05) is 0 Å². The van der Waals surface area contributed by atoms with Crippen molar-refractivity contribution >= 4 is 11.8 Å². The molecule has 9 heteroatoms. The highest BCUT2D eigenvalue weighted by Crippen LogP contribution is 2.31. The molecule has 1 aliphatic heterocycles. The Morgan fingerprint density at radius 1 is 1.10 bits per heavy atom. The van der Waals surface area contributed by atoms with Crippen LogP contribution in [-0.2, 0) is 0 Å². The molecule has 4 rings (SSSR count). The Labute approximate surface area is 184 Å². The quantitative estimate of drug-likeness (QED) is 0.558. The van der Waals surface area contributed by atoms with Crippen LogP contribution >= 0.6 is 0 Å². The van der Waals surface area contributed by atoms with E-state index in [9.17, 15) is 9.59 Å². The average Bonchev–Trinajstić information content (AvgIpc) is 2.80. The van der Waals surface area contributed by atoms with Crippen LogP contribution in [0.15, 0.2) is 17.1 Å². The number of piperazine rings is 1. The standard InChI is InChI=1S/C22H37N7O2/c23-17-3-5-18(6-4-17)25-15-16-1-7-19(8-2-16)29-12-9-20(27-22(29)31)26-21(30)28-13-10-24-11-14-28/h9,12,16-19,24-25H,1-8,10-11,13-15,23H2,(H,26,27,30,31)/t16-,17-,18+,19-. The molecule has 172 valence electrons. The summed E-state index contributed by atoms with van der Waals surface area (Å²) in [6, 6.07) is 2.75. The molecule has 9 nitrogen and oxygen atoms in total. The van der Waals surface area contributed by atoms with Gasteiger partial charge in [0, 0.05) is 50.5 Å². The number of aromatic nitrogens is 2. The zero-order valence-electron chi connectivity index (χ0n) is 18.4. The summed E-state index contributed by atoms with van der Waals surface area (Å²) in [5, 5.41) is 9.72. The highest BCUT2D eigenvalue weighted by atomic mass is 16.2. The predicted octanol–water partition coefficient (Wildman–Crippen LogP) is 1.27. The van der Waals surface area contributed by atoms with Crippen molar-refractivity contribution in [2.45, 2.75) is 69.5 Å². The molecule has 0 spiro atoms. The smallest absolute Gasteiger partial charge is 0.328 e. The molecule has 0 unspecified atom stereocenters. The maximum atomic E-state index is 12.6. The Morgan fingerprint density at radius 3 is 2.48 bits per heavy atom. The zero-order chi connectivity index (χ0) is 21.6. The van der Waals surface area contributed by atoms with Crippen LogP contribution in [0.5, 0.6) is 0 Å². The predicted molar refractivity (Wildman–Crippen MR) is 121 cm³/mol. The van der Waals surface area contributed by atoms with E-state index in [-0.39, 0.29) is 17.8 Å². The first-order valence-electron chi connectivity index (χ1n) is 11.9. The first kappa shape index (κ1) is 22.2. The topological polar surface area (TPSA) is 117 Å². The summed E-state index contributed by atoms with van der Waals surface area (Å²) in [6.07, 6.45) is 10.7. The Morgan fingerprint density at radius 2 is 1.81 bits per heavy atom. The molecule has 31 heavy (non-hydrogen) atoms. The second-order valence-corrected chi connectivity index (χ2v) is 9.36. The Kier molecular flexibility index (Phi) is 7.58. The summed E-state index contributed by atoms with van der Waals surface area (Å²) in [7, 11) is 0.